The van der Waals surface area contributed by atoms with Gasteiger partial charge < -0.3 is 4.79 Å². The molecule has 1 aliphatic rings. The Labute approximate surface area is 108 Å². The molecule has 0 bridgehead atoms. The fraction of sp³-hybridized carbons (Fsp3) is 0.643. The Kier molecular flexibility index (Phi) is 4.75. The molecule has 17 heavy (non-hydrogen) atoms. The summed E-state index contributed by atoms with van der Waals surface area (Å²) in [7, 11) is 0. The summed E-state index contributed by atoms with van der Waals surface area (Å²) in [6, 6.07) is 3.03. The van der Waals surface area contributed by atoms with Crippen LogP contribution in [0.25, 0.3) is 0 Å². The largest absolute Gasteiger partial charge is 0.300 e. The van der Waals surface area contributed by atoms with Crippen molar-refractivity contribution in [3.05, 3.63) is 22.4 Å². The van der Waals surface area contributed by atoms with Crippen LogP contribution in [0.2, 0.25) is 0 Å². The Balaban J connectivity index is 1.72. The molecular formula is C14H21NOS. The van der Waals surface area contributed by atoms with E-state index in [2.05, 4.69) is 21.7 Å². The number of rotatable bonds is 8. The van der Waals surface area contributed by atoms with Gasteiger partial charge in [0.1, 0.15) is 5.78 Å². The Hall–Kier alpha value is -0.670. The summed E-state index contributed by atoms with van der Waals surface area (Å²) < 4.78 is 0. The number of Topliss-reactive ketones (excluding diaryl/α,β-unsaturated/α-hetero) is 1. The lowest BCUT2D eigenvalue weighted by molar-refractivity contribution is -0.117. The first kappa shape index (κ1) is 12.8. The van der Waals surface area contributed by atoms with E-state index >= 15 is 0 Å². The molecular weight excluding hydrogens is 230 g/mol. The molecule has 1 saturated carbocycles. The summed E-state index contributed by atoms with van der Waals surface area (Å²) in [5.74, 6) is 0.320. The van der Waals surface area contributed by atoms with E-state index in [9.17, 15) is 4.79 Å². The van der Waals surface area contributed by atoms with Gasteiger partial charge in [0.2, 0.25) is 0 Å². The number of carbonyl (C=O) groups is 1. The van der Waals surface area contributed by atoms with Gasteiger partial charge in [0, 0.05) is 19.0 Å². The number of hydrogen-bond donors (Lipinski definition) is 0. The minimum absolute atomic E-state index is 0.320. The third-order valence-electron chi connectivity index (χ3n) is 3.25. The lowest BCUT2D eigenvalue weighted by atomic mass is 10.2. The Bertz CT molecular complexity index is 343. The molecule has 0 atom stereocenters. The maximum atomic E-state index is 10.9. The van der Waals surface area contributed by atoms with Gasteiger partial charge in [-0.1, -0.05) is 0 Å². The second-order valence-corrected chi connectivity index (χ2v) is 5.77. The molecule has 1 aromatic heterocycles. The number of ketones is 1. The fourth-order valence-corrected chi connectivity index (χ4v) is 2.80. The summed E-state index contributed by atoms with van der Waals surface area (Å²) in [4.78, 5) is 13.5. The van der Waals surface area contributed by atoms with Gasteiger partial charge in [-0.15, -0.1) is 0 Å². The molecule has 0 aliphatic heterocycles. The van der Waals surface area contributed by atoms with E-state index in [4.69, 9.17) is 0 Å². The smallest absolute Gasteiger partial charge is 0.129 e. The van der Waals surface area contributed by atoms with Crippen LogP contribution in [-0.2, 0) is 11.3 Å². The summed E-state index contributed by atoms with van der Waals surface area (Å²) in [6.45, 7) is 3.92. The van der Waals surface area contributed by atoms with Crippen LogP contribution < -0.4 is 0 Å². The SMILES string of the molecule is CC(=O)CCCCN(Cc1ccsc1)C1CC1. The summed E-state index contributed by atoms with van der Waals surface area (Å²) >= 11 is 1.77. The lowest BCUT2D eigenvalue weighted by Crippen LogP contribution is -2.26. The molecule has 1 heterocycles. The third kappa shape index (κ3) is 4.60. The van der Waals surface area contributed by atoms with Crippen LogP contribution in [0.15, 0.2) is 16.8 Å². The van der Waals surface area contributed by atoms with Crippen molar-refractivity contribution in [2.24, 2.45) is 0 Å². The van der Waals surface area contributed by atoms with Crippen LogP contribution >= 0.6 is 11.3 Å². The predicted molar refractivity (Wildman–Crippen MR) is 72.3 cm³/mol. The summed E-state index contributed by atoms with van der Waals surface area (Å²) in [5.41, 5.74) is 1.44. The minimum atomic E-state index is 0.320. The first-order valence-electron chi connectivity index (χ1n) is 6.50. The van der Waals surface area contributed by atoms with Crippen molar-refractivity contribution in [2.75, 3.05) is 6.54 Å². The lowest BCUT2D eigenvalue weighted by Gasteiger charge is -2.21. The van der Waals surface area contributed by atoms with Crippen LogP contribution in [0.3, 0.4) is 0 Å². The molecule has 2 rings (SSSR count). The maximum Gasteiger partial charge on any atom is 0.129 e. The molecule has 1 fully saturated rings. The summed E-state index contributed by atoms with van der Waals surface area (Å²) in [5, 5.41) is 4.39. The van der Waals surface area contributed by atoms with Gasteiger partial charge in [-0.05, 0) is 61.5 Å². The molecule has 94 valence electrons. The topological polar surface area (TPSA) is 20.3 Å². The molecule has 1 aliphatic carbocycles. The quantitative estimate of drug-likeness (QED) is 0.659. The Morgan fingerprint density at radius 2 is 2.29 bits per heavy atom. The number of unbranched alkanes of at least 4 members (excludes halogenated alkanes) is 1. The highest BCUT2D eigenvalue weighted by molar-refractivity contribution is 7.07. The maximum absolute atomic E-state index is 10.9. The van der Waals surface area contributed by atoms with Crippen molar-refractivity contribution in [3.63, 3.8) is 0 Å². The second-order valence-electron chi connectivity index (χ2n) is 4.99. The monoisotopic (exact) mass is 251 g/mol. The first-order chi connectivity index (χ1) is 8.25. The van der Waals surface area contributed by atoms with E-state index in [1.54, 1.807) is 18.3 Å². The zero-order valence-electron chi connectivity index (χ0n) is 10.5. The molecule has 1 aromatic rings. The van der Waals surface area contributed by atoms with Crippen molar-refractivity contribution in [3.8, 4) is 0 Å². The average molecular weight is 251 g/mol. The molecule has 3 heteroatoms. The highest BCUT2D eigenvalue weighted by Crippen LogP contribution is 2.29. The van der Waals surface area contributed by atoms with Gasteiger partial charge in [-0.25, -0.2) is 0 Å². The molecule has 2 nitrogen and oxygen atoms in total. The van der Waals surface area contributed by atoms with Crippen LogP contribution in [0.4, 0.5) is 0 Å². The van der Waals surface area contributed by atoms with E-state index in [-0.39, 0.29) is 0 Å². The van der Waals surface area contributed by atoms with E-state index in [0.717, 1.165) is 38.4 Å². The zero-order valence-corrected chi connectivity index (χ0v) is 11.3. The van der Waals surface area contributed by atoms with Crippen molar-refractivity contribution in [1.82, 2.24) is 4.90 Å². The van der Waals surface area contributed by atoms with Crippen molar-refractivity contribution in [2.45, 2.75) is 51.6 Å². The minimum Gasteiger partial charge on any atom is -0.300 e. The van der Waals surface area contributed by atoms with Crippen LogP contribution in [0.1, 0.15) is 44.6 Å². The van der Waals surface area contributed by atoms with E-state index in [0.29, 0.717) is 5.78 Å². The van der Waals surface area contributed by atoms with Crippen molar-refractivity contribution >= 4 is 17.1 Å². The Morgan fingerprint density at radius 1 is 1.47 bits per heavy atom. The van der Waals surface area contributed by atoms with Gasteiger partial charge in [0.25, 0.3) is 0 Å². The van der Waals surface area contributed by atoms with Gasteiger partial charge in [-0.2, -0.15) is 11.3 Å². The number of thiophene rings is 1. The van der Waals surface area contributed by atoms with Crippen molar-refractivity contribution < 1.29 is 4.79 Å². The fourth-order valence-electron chi connectivity index (χ4n) is 2.14. The normalized spacial score (nSPS) is 15.4. The van der Waals surface area contributed by atoms with Crippen LogP contribution in [0, 0.1) is 0 Å². The number of hydrogen-bond acceptors (Lipinski definition) is 3. The first-order valence-corrected chi connectivity index (χ1v) is 7.44. The van der Waals surface area contributed by atoms with Gasteiger partial charge >= 0.3 is 0 Å². The van der Waals surface area contributed by atoms with E-state index in [1.807, 2.05) is 0 Å². The standard InChI is InChI=1S/C14H21NOS/c1-12(16)4-2-3-8-15(14-5-6-14)10-13-7-9-17-11-13/h7,9,11,14H,2-6,8,10H2,1H3. The molecule has 0 N–H and O–H groups in total. The van der Waals surface area contributed by atoms with Crippen LogP contribution in [0.5, 0.6) is 0 Å². The predicted octanol–water partition coefficient (Wildman–Crippen LogP) is 3.47. The Morgan fingerprint density at radius 3 is 2.88 bits per heavy atom. The molecule has 0 unspecified atom stereocenters. The molecule has 0 spiro atoms. The highest BCUT2D eigenvalue weighted by atomic mass is 32.1. The van der Waals surface area contributed by atoms with E-state index < -0.39 is 0 Å². The van der Waals surface area contributed by atoms with E-state index in [1.165, 1.54) is 18.4 Å². The van der Waals surface area contributed by atoms with Crippen LogP contribution in [-0.4, -0.2) is 23.3 Å². The number of carbonyl (C=O) groups excluding carboxylic acids is 1. The molecule has 0 radical (unpaired) electrons. The van der Waals surface area contributed by atoms with Gasteiger partial charge in [-0.3, -0.25) is 4.90 Å². The second kappa shape index (κ2) is 6.31. The van der Waals surface area contributed by atoms with Gasteiger partial charge in [0.05, 0.1) is 0 Å². The highest BCUT2D eigenvalue weighted by Gasteiger charge is 2.28. The molecule has 0 amide bonds. The third-order valence-corrected chi connectivity index (χ3v) is 3.99. The molecule has 0 saturated heterocycles. The van der Waals surface area contributed by atoms with Crippen molar-refractivity contribution in [1.29, 1.82) is 0 Å². The van der Waals surface area contributed by atoms with Gasteiger partial charge in [0.15, 0.2) is 0 Å². The number of nitrogens with zero attached hydrogens (tertiary/aromatic N) is 1. The summed E-state index contributed by atoms with van der Waals surface area (Å²) in [6.07, 6.45) is 5.66. The molecule has 0 aromatic carbocycles. The average Bonchev–Trinajstić information content (AvgIpc) is 3.01. The zero-order chi connectivity index (χ0) is 12.1.